The number of nitrogens with zero attached hydrogens (tertiary/aromatic N) is 1. The Morgan fingerprint density at radius 1 is 1.47 bits per heavy atom. The highest BCUT2D eigenvalue weighted by Gasteiger charge is 2.48. The van der Waals surface area contributed by atoms with Gasteiger partial charge < -0.3 is 20.3 Å². The van der Waals surface area contributed by atoms with Crippen LogP contribution in [-0.2, 0) is 4.74 Å². The van der Waals surface area contributed by atoms with E-state index in [-0.39, 0.29) is 5.44 Å². The summed E-state index contributed by atoms with van der Waals surface area (Å²) in [6.07, 6.45) is -2.25. The molecule has 0 aromatic heterocycles. The number of aliphatic imine (C=N–C) groups is 1. The van der Waals surface area contributed by atoms with Crippen molar-refractivity contribution in [3.05, 3.63) is 0 Å². The van der Waals surface area contributed by atoms with E-state index in [9.17, 15) is 14.6 Å². The summed E-state index contributed by atoms with van der Waals surface area (Å²) in [6.45, 7) is 1.91. The fourth-order valence-electron chi connectivity index (χ4n) is 1.90. The van der Waals surface area contributed by atoms with Crippen LogP contribution in [0.25, 0.3) is 0 Å². The third-order valence-corrected chi connectivity index (χ3v) is 3.96. The Kier molecular flexibility index (Phi) is 4.24. The second-order valence-electron chi connectivity index (χ2n) is 4.15. The first-order valence-electron chi connectivity index (χ1n) is 5.72. The predicted octanol–water partition coefficient (Wildman–Crippen LogP) is -0.126. The normalized spacial score (nSPS) is 43.5. The highest BCUT2D eigenvalue weighted by molar-refractivity contribution is 8.14. The standard InChI is InChI=1S/C10H17FN2O3S/c1-2-3-12-10-13-6-8(15)7(14)5(4-11)16-9(6)17-10/h5-9,14-15H,2-4H2,1H3,(H,12,13). The average Bonchev–Trinajstić information content (AvgIpc) is 2.74. The lowest BCUT2D eigenvalue weighted by Crippen LogP contribution is -2.59. The molecule has 0 aliphatic carbocycles. The number of nitrogens with one attached hydrogen (secondary N) is 1. The zero-order chi connectivity index (χ0) is 12.4. The lowest BCUT2D eigenvalue weighted by Gasteiger charge is -2.37. The van der Waals surface area contributed by atoms with Crippen molar-refractivity contribution in [2.45, 2.75) is 43.1 Å². The van der Waals surface area contributed by atoms with E-state index in [0.717, 1.165) is 6.42 Å². The summed E-state index contributed by atoms with van der Waals surface area (Å²) in [5.74, 6) is 0. The van der Waals surface area contributed by atoms with Crippen LogP contribution < -0.4 is 5.32 Å². The van der Waals surface area contributed by atoms with Crippen molar-refractivity contribution in [3.8, 4) is 0 Å². The van der Waals surface area contributed by atoms with Gasteiger partial charge >= 0.3 is 0 Å². The largest absolute Gasteiger partial charge is 0.388 e. The Morgan fingerprint density at radius 2 is 2.24 bits per heavy atom. The molecule has 2 heterocycles. The fourth-order valence-corrected chi connectivity index (χ4v) is 3.06. The Hall–Kier alpha value is -0.370. The van der Waals surface area contributed by atoms with Gasteiger partial charge in [0.25, 0.3) is 0 Å². The van der Waals surface area contributed by atoms with Gasteiger partial charge in [0, 0.05) is 6.54 Å². The van der Waals surface area contributed by atoms with E-state index >= 15 is 0 Å². The molecule has 0 radical (unpaired) electrons. The first-order chi connectivity index (χ1) is 8.17. The summed E-state index contributed by atoms with van der Waals surface area (Å²) in [4.78, 5) is 4.28. The molecule has 2 saturated heterocycles. The topological polar surface area (TPSA) is 74.1 Å². The number of alkyl halides is 1. The number of aliphatic hydroxyl groups is 2. The molecule has 0 bridgehead atoms. The molecule has 5 nitrogen and oxygen atoms in total. The number of rotatable bonds is 3. The minimum absolute atomic E-state index is 0.384. The van der Waals surface area contributed by atoms with Crippen LogP contribution in [0.5, 0.6) is 0 Å². The van der Waals surface area contributed by atoms with E-state index in [2.05, 4.69) is 10.3 Å². The lowest BCUT2D eigenvalue weighted by molar-refractivity contribution is -0.160. The number of ether oxygens (including phenoxy) is 1. The second kappa shape index (κ2) is 5.51. The maximum Gasteiger partial charge on any atom is 0.159 e. The summed E-state index contributed by atoms with van der Waals surface area (Å²) >= 11 is 1.34. The van der Waals surface area contributed by atoms with Crippen LogP contribution in [0.15, 0.2) is 4.99 Å². The van der Waals surface area contributed by atoms with Gasteiger partial charge in [0.1, 0.15) is 30.4 Å². The SMILES string of the molecule is CCCN=C1NC2C(OC(CF)C(O)C2O)S1. The molecular weight excluding hydrogens is 247 g/mol. The van der Waals surface area contributed by atoms with Gasteiger partial charge in [-0.15, -0.1) is 0 Å². The number of amidine groups is 1. The van der Waals surface area contributed by atoms with Gasteiger partial charge in [0.15, 0.2) is 5.17 Å². The van der Waals surface area contributed by atoms with Crippen LogP contribution in [0, 0.1) is 0 Å². The molecule has 2 aliphatic heterocycles. The van der Waals surface area contributed by atoms with Gasteiger partial charge in [0.05, 0.1) is 6.04 Å². The number of hydrogen-bond acceptors (Lipinski definition) is 5. The van der Waals surface area contributed by atoms with Crippen LogP contribution in [0.4, 0.5) is 4.39 Å². The Labute approximate surface area is 103 Å². The lowest BCUT2D eigenvalue weighted by atomic mass is 9.99. The Morgan fingerprint density at radius 3 is 2.88 bits per heavy atom. The van der Waals surface area contributed by atoms with Crippen LogP contribution >= 0.6 is 11.8 Å². The maximum absolute atomic E-state index is 12.6. The number of thioether (sulfide) groups is 1. The molecule has 5 unspecified atom stereocenters. The van der Waals surface area contributed by atoms with Crippen molar-refractivity contribution in [1.82, 2.24) is 5.32 Å². The molecule has 17 heavy (non-hydrogen) atoms. The first kappa shape index (κ1) is 13.1. The molecule has 0 aromatic rings. The molecule has 0 amide bonds. The molecule has 2 fully saturated rings. The van der Waals surface area contributed by atoms with Crippen molar-refractivity contribution < 1.29 is 19.3 Å². The van der Waals surface area contributed by atoms with Crippen molar-refractivity contribution >= 4 is 16.9 Å². The third-order valence-electron chi connectivity index (χ3n) is 2.85. The van der Waals surface area contributed by atoms with Gasteiger partial charge in [-0.25, -0.2) is 4.39 Å². The zero-order valence-electron chi connectivity index (χ0n) is 9.54. The number of halogens is 1. The molecule has 98 valence electrons. The minimum atomic E-state index is -1.19. The van der Waals surface area contributed by atoms with Crippen molar-refractivity contribution in [1.29, 1.82) is 0 Å². The number of fused-ring (bicyclic) bond motifs is 1. The molecule has 0 aromatic carbocycles. The monoisotopic (exact) mass is 264 g/mol. The molecule has 2 rings (SSSR count). The van der Waals surface area contributed by atoms with Crippen molar-refractivity contribution in [2.24, 2.45) is 4.99 Å². The molecule has 3 N–H and O–H groups in total. The highest BCUT2D eigenvalue weighted by atomic mass is 32.2. The molecular formula is C10H17FN2O3S. The van der Waals surface area contributed by atoms with E-state index < -0.39 is 31.0 Å². The van der Waals surface area contributed by atoms with Crippen LogP contribution in [0.2, 0.25) is 0 Å². The van der Waals surface area contributed by atoms with Gasteiger partial charge in [-0.05, 0) is 6.42 Å². The van der Waals surface area contributed by atoms with Gasteiger partial charge in [-0.3, -0.25) is 4.99 Å². The minimum Gasteiger partial charge on any atom is -0.388 e. The number of hydrogen-bond donors (Lipinski definition) is 3. The maximum atomic E-state index is 12.6. The van der Waals surface area contributed by atoms with Crippen LogP contribution in [0.1, 0.15) is 13.3 Å². The van der Waals surface area contributed by atoms with Gasteiger partial charge in [-0.1, -0.05) is 18.7 Å². The van der Waals surface area contributed by atoms with Crippen LogP contribution in [-0.4, -0.2) is 58.4 Å². The van der Waals surface area contributed by atoms with Gasteiger partial charge in [-0.2, -0.15) is 0 Å². The Balaban J connectivity index is 2.04. The van der Waals surface area contributed by atoms with Gasteiger partial charge in [0.2, 0.25) is 0 Å². The smallest absolute Gasteiger partial charge is 0.159 e. The predicted molar refractivity (Wildman–Crippen MR) is 63.8 cm³/mol. The summed E-state index contributed by atoms with van der Waals surface area (Å²) in [5, 5.41) is 23.2. The molecule has 7 heteroatoms. The fraction of sp³-hybridized carbons (Fsp3) is 0.900. The molecule has 0 spiro atoms. The second-order valence-corrected chi connectivity index (χ2v) is 5.24. The summed E-state index contributed by atoms with van der Waals surface area (Å²) in [7, 11) is 0. The molecule has 2 aliphatic rings. The highest BCUT2D eigenvalue weighted by Crippen LogP contribution is 2.33. The van der Waals surface area contributed by atoms with Crippen molar-refractivity contribution in [3.63, 3.8) is 0 Å². The third kappa shape index (κ3) is 2.57. The number of aliphatic hydroxyl groups excluding tert-OH is 2. The van der Waals surface area contributed by atoms with E-state index in [1.165, 1.54) is 11.8 Å². The van der Waals surface area contributed by atoms with E-state index in [0.29, 0.717) is 11.7 Å². The Bertz CT molecular complexity index is 305. The summed E-state index contributed by atoms with van der Waals surface area (Å²) in [5.41, 5.74) is -0.384. The van der Waals surface area contributed by atoms with E-state index in [4.69, 9.17) is 4.74 Å². The average molecular weight is 264 g/mol. The quantitative estimate of drug-likeness (QED) is 0.662. The summed E-state index contributed by atoms with van der Waals surface area (Å²) in [6, 6.07) is -0.423. The summed E-state index contributed by atoms with van der Waals surface area (Å²) < 4.78 is 18.0. The molecule has 5 atom stereocenters. The van der Waals surface area contributed by atoms with Crippen LogP contribution in [0.3, 0.4) is 0 Å². The van der Waals surface area contributed by atoms with E-state index in [1.54, 1.807) is 0 Å². The van der Waals surface area contributed by atoms with Crippen molar-refractivity contribution in [2.75, 3.05) is 13.2 Å². The molecule has 0 saturated carbocycles. The first-order valence-corrected chi connectivity index (χ1v) is 6.60. The van der Waals surface area contributed by atoms with E-state index in [1.807, 2.05) is 6.92 Å². The zero-order valence-corrected chi connectivity index (χ0v) is 10.4.